The predicted molar refractivity (Wildman–Crippen MR) is 78.6 cm³/mol. The Morgan fingerprint density at radius 3 is 2.95 bits per heavy atom. The van der Waals surface area contributed by atoms with E-state index in [1.54, 1.807) is 6.92 Å². The van der Waals surface area contributed by atoms with Gasteiger partial charge in [0.25, 0.3) is 0 Å². The first-order valence-corrected chi connectivity index (χ1v) is 6.73. The second-order valence-electron chi connectivity index (χ2n) is 4.80. The highest BCUT2D eigenvalue weighted by Crippen LogP contribution is 2.21. The monoisotopic (exact) mass is 273 g/mol. The van der Waals surface area contributed by atoms with Crippen LogP contribution in [0.2, 0.25) is 0 Å². The maximum atomic E-state index is 11.5. The highest BCUT2D eigenvalue weighted by Gasteiger charge is 2.12. The molecule has 1 aromatic carbocycles. The fourth-order valence-electron chi connectivity index (χ4n) is 2.04. The van der Waals surface area contributed by atoms with Gasteiger partial charge in [-0.3, -0.25) is 4.79 Å². The van der Waals surface area contributed by atoms with Gasteiger partial charge in [-0.25, -0.2) is 9.97 Å². The average molecular weight is 273 g/mol. The number of anilines is 1. The number of esters is 1. The van der Waals surface area contributed by atoms with Crippen molar-refractivity contribution in [1.82, 2.24) is 9.97 Å². The number of rotatable bonds is 5. The van der Waals surface area contributed by atoms with Crippen molar-refractivity contribution in [3.63, 3.8) is 0 Å². The van der Waals surface area contributed by atoms with E-state index in [0.29, 0.717) is 13.0 Å². The fraction of sp³-hybridized carbons (Fsp3) is 0.400. The van der Waals surface area contributed by atoms with Crippen LogP contribution < -0.4 is 5.32 Å². The first-order chi connectivity index (χ1) is 9.60. The standard InChI is InChI=1S/C15H19N3O2/c1-4-20-14(19)8-11(3)18-15-12-7-10(2)5-6-13(12)16-9-17-15/h5-7,9,11H,4,8H2,1-3H3,(H,16,17,18). The van der Waals surface area contributed by atoms with Crippen LogP contribution >= 0.6 is 0 Å². The Morgan fingerprint density at radius 1 is 1.40 bits per heavy atom. The van der Waals surface area contributed by atoms with Crippen molar-refractivity contribution in [2.75, 3.05) is 11.9 Å². The molecule has 0 radical (unpaired) electrons. The number of ether oxygens (including phenoxy) is 1. The second-order valence-corrected chi connectivity index (χ2v) is 4.80. The summed E-state index contributed by atoms with van der Waals surface area (Å²) in [5, 5.41) is 4.21. The van der Waals surface area contributed by atoms with Gasteiger partial charge in [-0.1, -0.05) is 11.6 Å². The van der Waals surface area contributed by atoms with E-state index in [0.717, 1.165) is 22.3 Å². The Labute approximate surface area is 118 Å². The third-order valence-corrected chi connectivity index (χ3v) is 2.95. The summed E-state index contributed by atoms with van der Waals surface area (Å²) in [5.74, 6) is 0.539. The molecule has 0 amide bonds. The van der Waals surface area contributed by atoms with Gasteiger partial charge in [-0.15, -0.1) is 0 Å². The van der Waals surface area contributed by atoms with Gasteiger partial charge in [0.1, 0.15) is 12.1 Å². The van der Waals surface area contributed by atoms with Crippen LogP contribution in [0.4, 0.5) is 5.82 Å². The Balaban J connectivity index is 2.17. The van der Waals surface area contributed by atoms with Crippen molar-refractivity contribution >= 4 is 22.7 Å². The molecule has 0 aliphatic carbocycles. The van der Waals surface area contributed by atoms with Gasteiger partial charge in [-0.2, -0.15) is 0 Å². The van der Waals surface area contributed by atoms with Crippen LogP contribution in [0.5, 0.6) is 0 Å². The molecule has 0 fully saturated rings. The predicted octanol–water partition coefficient (Wildman–Crippen LogP) is 2.69. The second kappa shape index (κ2) is 6.32. The number of fused-ring (bicyclic) bond motifs is 1. The highest BCUT2D eigenvalue weighted by molar-refractivity contribution is 5.89. The number of nitrogens with one attached hydrogen (secondary N) is 1. The van der Waals surface area contributed by atoms with Crippen molar-refractivity contribution < 1.29 is 9.53 Å². The first-order valence-electron chi connectivity index (χ1n) is 6.73. The van der Waals surface area contributed by atoms with E-state index >= 15 is 0 Å². The van der Waals surface area contributed by atoms with E-state index in [1.807, 2.05) is 32.0 Å². The Hall–Kier alpha value is -2.17. The average Bonchev–Trinajstić information content (AvgIpc) is 2.39. The van der Waals surface area contributed by atoms with E-state index in [2.05, 4.69) is 15.3 Å². The maximum Gasteiger partial charge on any atom is 0.307 e. The molecule has 1 N–H and O–H groups in total. The molecule has 0 saturated carbocycles. The molecule has 1 unspecified atom stereocenters. The number of nitrogens with zero attached hydrogens (tertiary/aromatic N) is 2. The third kappa shape index (κ3) is 3.44. The zero-order chi connectivity index (χ0) is 14.5. The number of aryl methyl sites for hydroxylation is 1. The third-order valence-electron chi connectivity index (χ3n) is 2.95. The molecule has 1 aromatic heterocycles. The van der Waals surface area contributed by atoms with Crippen LogP contribution in [0.1, 0.15) is 25.8 Å². The molecule has 2 rings (SSSR count). The molecule has 106 valence electrons. The zero-order valence-corrected chi connectivity index (χ0v) is 12.0. The lowest BCUT2D eigenvalue weighted by Crippen LogP contribution is -2.21. The van der Waals surface area contributed by atoms with E-state index in [9.17, 15) is 4.79 Å². The molecular formula is C15H19N3O2. The lowest BCUT2D eigenvalue weighted by atomic mass is 10.1. The number of aromatic nitrogens is 2. The molecule has 1 heterocycles. The lowest BCUT2D eigenvalue weighted by molar-refractivity contribution is -0.143. The van der Waals surface area contributed by atoms with Crippen molar-refractivity contribution in [2.45, 2.75) is 33.2 Å². The quantitative estimate of drug-likeness (QED) is 0.848. The largest absolute Gasteiger partial charge is 0.466 e. The summed E-state index contributed by atoms with van der Waals surface area (Å²) in [6.07, 6.45) is 1.84. The fourth-order valence-corrected chi connectivity index (χ4v) is 2.04. The number of hydrogen-bond acceptors (Lipinski definition) is 5. The minimum atomic E-state index is -0.206. The Morgan fingerprint density at radius 2 is 2.20 bits per heavy atom. The summed E-state index contributed by atoms with van der Waals surface area (Å²) in [5.41, 5.74) is 2.03. The van der Waals surface area contributed by atoms with Crippen LogP contribution in [-0.4, -0.2) is 28.6 Å². The number of carbonyl (C=O) groups is 1. The summed E-state index contributed by atoms with van der Waals surface area (Å²) < 4.78 is 4.95. The maximum absolute atomic E-state index is 11.5. The summed E-state index contributed by atoms with van der Waals surface area (Å²) in [4.78, 5) is 20.0. The van der Waals surface area contributed by atoms with E-state index in [-0.39, 0.29) is 12.0 Å². The summed E-state index contributed by atoms with van der Waals surface area (Å²) in [6.45, 7) is 6.16. The normalized spacial score (nSPS) is 12.2. The molecule has 0 spiro atoms. The summed E-state index contributed by atoms with van der Waals surface area (Å²) in [7, 11) is 0. The first kappa shape index (κ1) is 14.2. The van der Waals surface area contributed by atoms with Crippen molar-refractivity contribution in [3.8, 4) is 0 Å². The number of carbonyl (C=O) groups excluding carboxylic acids is 1. The minimum absolute atomic E-state index is 0.0485. The topological polar surface area (TPSA) is 64.1 Å². The van der Waals surface area contributed by atoms with E-state index < -0.39 is 0 Å². The van der Waals surface area contributed by atoms with Gasteiger partial charge >= 0.3 is 5.97 Å². The van der Waals surface area contributed by atoms with E-state index in [4.69, 9.17) is 4.74 Å². The van der Waals surface area contributed by atoms with Gasteiger partial charge in [0.05, 0.1) is 18.5 Å². The van der Waals surface area contributed by atoms with Crippen molar-refractivity contribution in [3.05, 3.63) is 30.1 Å². The number of benzene rings is 1. The highest BCUT2D eigenvalue weighted by atomic mass is 16.5. The van der Waals surface area contributed by atoms with Crippen LogP contribution in [0.15, 0.2) is 24.5 Å². The van der Waals surface area contributed by atoms with Crippen molar-refractivity contribution in [2.24, 2.45) is 0 Å². The molecule has 0 aliphatic rings. The molecule has 0 bridgehead atoms. The number of hydrogen-bond donors (Lipinski definition) is 1. The Kier molecular flexibility index (Phi) is 4.50. The van der Waals surface area contributed by atoms with Crippen LogP contribution in [0, 0.1) is 6.92 Å². The Bertz CT molecular complexity index is 613. The van der Waals surface area contributed by atoms with Crippen LogP contribution in [0.3, 0.4) is 0 Å². The van der Waals surface area contributed by atoms with E-state index in [1.165, 1.54) is 6.33 Å². The molecule has 5 heteroatoms. The van der Waals surface area contributed by atoms with Crippen molar-refractivity contribution in [1.29, 1.82) is 0 Å². The van der Waals surface area contributed by atoms with Crippen LogP contribution in [-0.2, 0) is 9.53 Å². The summed E-state index contributed by atoms with van der Waals surface area (Å²) >= 11 is 0. The zero-order valence-electron chi connectivity index (χ0n) is 12.0. The molecular weight excluding hydrogens is 254 g/mol. The minimum Gasteiger partial charge on any atom is -0.466 e. The molecule has 5 nitrogen and oxygen atoms in total. The van der Waals surface area contributed by atoms with Gasteiger partial charge in [-0.05, 0) is 32.9 Å². The van der Waals surface area contributed by atoms with Gasteiger partial charge in [0, 0.05) is 11.4 Å². The SMILES string of the molecule is CCOC(=O)CC(C)Nc1ncnc2ccc(C)cc12. The molecule has 0 aliphatic heterocycles. The molecule has 0 saturated heterocycles. The van der Waals surface area contributed by atoms with Gasteiger partial charge in [0.2, 0.25) is 0 Å². The van der Waals surface area contributed by atoms with Gasteiger partial charge in [0.15, 0.2) is 0 Å². The molecule has 2 aromatic rings. The van der Waals surface area contributed by atoms with Crippen LogP contribution in [0.25, 0.3) is 10.9 Å². The summed E-state index contributed by atoms with van der Waals surface area (Å²) in [6, 6.07) is 5.97. The van der Waals surface area contributed by atoms with Gasteiger partial charge < -0.3 is 10.1 Å². The molecule has 1 atom stereocenters. The molecule has 20 heavy (non-hydrogen) atoms. The smallest absolute Gasteiger partial charge is 0.307 e. The lowest BCUT2D eigenvalue weighted by Gasteiger charge is -2.15.